The van der Waals surface area contributed by atoms with Crippen LogP contribution in [0.4, 0.5) is 21.6 Å². The molecule has 0 unspecified atom stereocenters. The van der Waals surface area contributed by atoms with E-state index in [1.807, 2.05) is 34.9 Å². The van der Waals surface area contributed by atoms with Crippen LogP contribution in [0, 0.1) is 5.82 Å². The van der Waals surface area contributed by atoms with Crippen molar-refractivity contribution in [3.05, 3.63) is 71.9 Å². The van der Waals surface area contributed by atoms with Gasteiger partial charge in [0.15, 0.2) is 0 Å². The number of benzene rings is 1. The summed E-state index contributed by atoms with van der Waals surface area (Å²) in [6.45, 7) is 5.83. The third-order valence-corrected chi connectivity index (χ3v) is 8.41. The van der Waals surface area contributed by atoms with Crippen LogP contribution in [0.2, 0.25) is 0 Å². The molecule has 0 bridgehead atoms. The van der Waals surface area contributed by atoms with Crippen molar-refractivity contribution >= 4 is 28.7 Å². The van der Waals surface area contributed by atoms with Gasteiger partial charge in [0.1, 0.15) is 17.3 Å². The van der Waals surface area contributed by atoms with Crippen molar-refractivity contribution in [3.8, 4) is 11.3 Å². The van der Waals surface area contributed by atoms with Crippen molar-refractivity contribution < 1.29 is 19.0 Å². The summed E-state index contributed by atoms with van der Waals surface area (Å²) in [6.07, 6.45) is 6.60. The minimum atomic E-state index is -0.671. The Labute approximate surface area is 236 Å². The molecule has 6 heterocycles. The third-order valence-electron chi connectivity index (χ3n) is 8.41. The predicted molar refractivity (Wildman–Crippen MR) is 153 cm³/mol. The molecule has 41 heavy (non-hydrogen) atoms. The number of imidazole rings is 1. The molecule has 0 spiro atoms. The molecule has 0 radical (unpaired) electrons. The first-order valence-corrected chi connectivity index (χ1v) is 14.0. The summed E-state index contributed by atoms with van der Waals surface area (Å²) < 4.78 is 20.9. The van der Waals surface area contributed by atoms with Gasteiger partial charge in [0, 0.05) is 57.1 Å². The lowest BCUT2D eigenvalue weighted by molar-refractivity contribution is -0.0440. The molecule has 1 aromatic carbocycles. The van der Waals surface area contributed by atoms with E-state index >= 15 is 0 Å². The van der Waals surface area contributed by atoms with Crippen molar-refractivity contribution in [2.45, 2.75) is 25.0 Å². The maximum Gasteiger partial charge on any atom is 0.254 e. The summed E-state index contributed by atoms with van der Waals surface area (Å²) in [5.74, 6) is 0.133. The maximum atomic E-state index is 13.7. The average Bonchev–Trinajstić information content (AvgIpc) is 3.58. The molecule has 2 fully saturated rings. The van der Waals surface area contributed by atoms with Crippen LogP contribution in [0.5, 0.6) is 0 Å². The number of nitrogens with zero attached hydrogens (tertiary/aromatic N) is 5. The van der Waals surface area contributed by atoms with Crippen molar-refractivity contribution in [3.63, 3.8) is 0 Å². The van der Waals surface area contributed by atoms with E-state index in [1.165, 1.54) is 12.1 Å². The zero-order valence-electron chi connectivity index (χ0n) is 22.6. The summed E-state index contributed by atoms with van der Waals surface area (Å²) in [5, 5.41) is 17.4. The second-order valence-corrected chi connectivity index (χ2v) is 11.0. The smallest absolute Gasteiger partial charge is 0.254 e. The van der Waals surface area contributed by atoms with Gasteiger partial charge in [-0.3, -0.25) is 14.1 Å². The van der Waals surface area contributed by atoms with E-state index in [0.717, 1.165) is 61.9 Å². The molecule has 2 saturated heterocycles. The van der Waals surface area contributed by atoms with Crippen molar-refractivity contribution in [2.24, 2.45) is 0 Å². The molecule has 7 rings (SSSR count). The summed E-state index contributed by atoms with van der Waals surface area (Å²) in [6, 6.07) is 10.5. The number of aromatic nitrogens is 3. The normalized spacial score (nSPS) is 18.9. The fraction of sp³-hybridized carbons (Fsp3) is 0.367. The molecular weight excluding hydrogens is 525 g/mol. The standard InChI is InChI=1S/C30H32FN7O3/c31-20-5-8-38-25(18-33-27(38)15-20)22-2-3-24(28-23(22)17-34-29(28)39)35-26-4-1-21(16-32-26)37-9-6-30(40,7-10-37)19-36-11-13-41-14-12-36/h1-5,8,15-16,18,40H,6-7,9-14,17,19H2,(H,32,35)(H,34,39). The molecule has 212 valence electrons. The molecule has 3 aliphatic rings. The van der Waals surface area contributed by atoms with Crippen LogP contribution in [-0.2, 0) is 11.3 Å². The highest BCUT2D eigenvalue weighted by molar-refractivity contribution is 6.06. The third kappa shape index (κ3) is 5.01. The van der Waals surface area contributed by atoms with Crippen LogP contribution >= 0.6 is 0 Å². The number of piperidine rings is 1. The molecule has 1 amide bonds. The van der Waals surface area contributed by atoms with Gasteiger partial charge in [-0.25, -0.2) is 14.4 Å². The number of hydrogen-bond donors (Lipinski definition) is 3. The van der Waals surface area contributed by atoms with Crippen LogP contribution in [0.15, 0.2) is 55.0 Å². The molecule has 0 saturated carbocycles. The Bertz CT molecular complexity index is 1590. The molecule has 10 nitrogen and oxygen atoms in total. The molecule has 3 N–H and O–H groups in total. The second-order valence-electron chi connectivity index (χ2n) is 11.0. The number of aliphatic hydroxyl groups is 1. The quantitative estimate of drug-likeness (QED) is 0.332. The first-order chi connectivity index (χ1) is 20.0. The van der Waals surface area contributed by atoms with Crippen LogP contribution in [0.1, 0.15) is 28.8 Å². The number of nitrogens with one attached hydrogen (secondary N) is 2. The molecular formula is C30H32FN7O3. The molecule has 0 atom stereocenters. The molecule has 0 aliphatic carbocycles. The van der Waals surface area contributed by atoms with Crippen LogP contribution in [-0.4, -0.2) is 81.8 Å². The fourth-order valence-electron chi connectivity index (χ4n) is 6.15. The number of pyridine rings is 2. The molecule has 11 heteroatoms. The number of ether oxygens (including phenoxy) is 1. The molecule has 4 aromatic rings. The number of β-amino-alcohol motifs (C(OH)–C–C–N with tert-alkyl or cyclic N) is 1. The number of morpholine rings is 1. The van der Waals surface area contributed by atoms with Crippen molar-refractivity contribution in [1.82, 2.24) is 24.6 Å². The van der Waals surface area contributed by atoms with E-state index in [4.69, 9.17) is 4.74 Å². The van der Waals surface area contributed by atoms with Gasteiger partial charge in [-0.2, -0.15) is 0 Å². The zero-order chi connectivity index (χ0) is 28.0. The highest BCUT2D eigenvalue weighted by atomic mass is 19.1. The lowest BCUT2D eigenvalue weighted by Crippen LogP contribution is -2.53. The van der Waals surface area contributed by atoms with Gasteiger partial charge in [0.05, 0.1) is 53.8 Å². The number of halogens is 1. The Morgan fingerprint density at radius 2 is 1.88 bits per heavy atom. The first-order valence-electron chi connectivity index (χ1n) is 14.0. The zero-order valence-corrected chi connectivity index (χ0v) is 22.6. The topological polar surface area (TPSA) is 107 Å². The lowest BCUT2D eigenvalue weighted by Gasteiger charge is -2.42. The fourth-order valence-corrected chi connectivity index (χ4v) is 6.15. The van der Waals surface area contributed by atoms with Crippen LogP contribution in [0.3, 0.4) is 0 Å². The van der Waals surface area contributed by atoms with E-state index in [1.54, 1.807) is 12.4 Å². The lowest BCUT2D eigenvalue weighted by atomic mass is 9.90. The Hall–Kier alpha value is -4.06. The van der Waals surface area contributed by atoms with Gasteiger partial charge < -0.3 is 25.4 Å². The number of rotatable bonds is 6. The van der Waals surface area contributed by atoms with E-state index in [-0.39, 0.29) is 11.7 Å². The SMILES string of the molecule is O=C1NCc2c(-c3cnc4cc(F)ccn34)ccc(Nc3ccc(N4CCC(O)(CN5CCOCC5)CC4)cn3)c21. The van der Waals surface area contributed by atoms with Gasteiger partial charge in [-0.15, -0.1) is 0 Å². The van der Waals surface area contributed by atoms with E-state index in [2.05, 4.69) is 30.4 Å². The Morgan fingerprint density at radius 1 is 1.05 bits per heavy atom. The Kier molecular flexibility index (Phi) is 6.57. The minimum absolute atomic E-state index is 0.154. The van der Waals surface area contributed by atoms with Gasteiger partial charge >= 0.3 is 0 Å². The van der Waals surface area contributed by atoms with Gasteiger partial charge in [-0.1, -0.05) is 6.07 Å². The highest BCUT2D eigenvalue weighted by Gasteiger charge is 2.34. The summed E-state index contributed by atoms with van der Waals surface area (Å²) in [5.41, 5.74) is 4.60. The molecule has 3 aliphatic heterocycles. The number of anilines is 3. The average molecular weight is 558 g/mol. The van der Waals surface area contributed by atoms with E-state index in [9.17, 15) is 14.3 Å². The number of hydrogen-bond acceptors (Lipinski definition) is 8. The minimum Gasteiger partial charge on any atom is -0.388 e. The summed E-state index contributed by atoms with van der Waals surface area (Å²) >= 11 is 0. The number of carbonyl (C=O) groups excluding carboxylic acids is 1. The molecule has 3 aromatic heterocycles. The van der Waals surface area contributed by atoms with Gasteiger partial charge in [-0.05, 0) is 42.7 Å². The van der Waals surface area contributed by atoms with Crippen molar-refractivity contribution in [2.75, 3.05) is 56.2 Å². The van der Waals surface area contributed by atoms with Gasteiger partial charge in [0.2, 0.25) is 0 Å². The summed E-state index contributed by atoms with van der Waals surface area (Å²) in [4.78, 5) is 26.4. The second kappa shape index (κ2) is 10.4. The first kappa shape index (κ1) is 25.9. The maximum absolute atomic E-state index is 13.7. The Balaban J connectivity index is 1.06. The predicted octanol–water partition coefficient (Wildman–Crippen LogP) is 3.19. The highest BCUT2D eigenvalue weighted by Crippen LogP contribution is 2.36. The number of carbonyl (C=O) groups is 1. The largest absolute Gasteiger partial charge is 0.388 e. The van der Waals surface area contributed by atoms with Crippen LogP contribution in [0.25, 0.3) is 16.9 Å². The summed E-state index contributed by atoms with van der Waals surface area (Å²) in [7, 11) is 0. The van der Waals surface area contributed by atoms with Gasteiger partial charge in [0.25, 0.3) is 5.91 Å². The number of fused-ring (bicyclic) bond motifs is 2. The number of amides is 1. The van der Waals surface area contributed by atoms with Crippen molar-refractivity contribution in [1.29, 1.82) is 0 Å². The van der Waals surface area contributed by atoms with Crippen LogP contribution < -0.4 is 15.5 Å². The van der Waals surface area contributed by atoms with E-state index in [0.29, 0.717) is 48.6 Å². The monoisotopic (exact) mass is 557 g/mol. The van der Waals surface area contributed by atoms with E-state index < -0.39 is 5.60 Å². The Morgan fingerprint density at radius 3 is 2.66 bits per heavy atom.